The van der Waals surface area contributed by atoms with Gasteiger partial charge in [0.15, 0.2) is 11.5 Å². The van der Waals surface area contributed by atoms with Crippen molar-refractivity contribution in [3.05, 3.63) is 100 Å². The highest BCUT2D eigenvalue weighted by molar-refractivity contribution is 5.84. The molecule has 0 N–H and O–H groups in total. The largest absolute Gasteiger partial charge is 0.348 e. The minimum atomic E-state index is -0.157. The van der Waals surface area contributed by atoms with Gasteiger partial charge in [0.05, 0.1) is 12.5 Å². The molecule has 0 radical (unpaired) electrons. The number of benzene rings is 2. The van der Waals surface area contributed by atoms with E-state index in [2.05, 4.69) is 4.98 Å². The Morgan fingerprint density at radius 2 is 1.60 bits per heavy atom. The van der Waals surface area contributed by atoms with Crippen LogP contribution in [0.3, 0.4) is 0 Å². The van der Waals surface area contributed by atoms with E-state index in [4.69, 9.17) is 4.98 Å². The fraction of sp³-hybridized carbons (Fsp3) is 0.286. The molecular weight excluding hydrogens is 438 g/mol. The van der Waals surface area contributed by atoms with Crippen LogP contribution in [-0.2, 0) is 11.3 Å². The number of nitrogens with zero attached hydrogens (tertiary/aromatic N) is 5. The molecule has 0 bridgehead atoms. The number of hydrogen-bond acceptors (Lipinski definition) is 5. The molecule has 178 valence electrons. The van der Waals surface area contributed by atoms with Crippen LogP contribution in [0.2, 0.25) is 0 Å². The highest BCUT2D eigenvalue weighted by atomic mass is 16.2. The van der Waals surface area contributed by atoms with Crippen LogP contribution in [-0.4, -0.2) is 51.5 Å². The molecule has 1 atom stereocenters. The maximum Gasteiger partial charge on any atom is 0.295 e. The predicted molar refractivity (Wildman–Crippen MR) is 138 cm³/mol. The predicted octanol–water partition coefficient (Wildman–Crippen LogP) is 3.68. The van der Waals surface area contributed by atoms with Gasteiger partial charge in [-0.25, -0.2) is 9.97 Å². The van der Waals surface area contributed by atoms with Crippen LogP contribution < -0.4 is 10.5 Å². The zero-order valence-electron chi connectivity index (χ0n) is 19.9. The van der Waals surface area contributed by atoms with E-state index in [0.717, 1.165) is 17.5 Å². The molecule has 35 heavy (non-hydrogen) atoms. The Kier molecular flexibility index (Phi) is 6.57. The van der Waals surface area contributed by atoms with Crippen LogP contribution in [0.15, 0.2) is 83.8 Å². The third kappa shape index (κ3) is 4.67. The number of pyridine rings is 1. The van der Waals surface area contributed by atoms with Crippen LogP contribution in [0.4, 0.5) is 5.82 Å². The van der Waals surface area contributed by atoms with Crippen molar-refractivity contribution in [3.63, 3.8) is 0 Å². The van der Waals surface area contributed by atoms with Gasteiger partial charge in [-0.1, -0.05) is 67.6 Å². The maximum absolute atomic E-state index is 13.6. The van der Waals surface area contributed by atoms with Gasteiger partial charge in [0.25, 0.3) is 5.56 Å². The molecule has 7 heteroatoms. The maximum atomic E-state index is 13.6. The summed E-state index contributed by atoms with van der Waals surface area (Å²) in [5, 5.41) is 0. The number of amides is 1. The molecule has 1 aliphatic heterocycles. The molecule has 0 unspecified atom stereocenters. The number of hydrogen-bond donors (Lipinski definition) is 0. The first-order chi connectivity index (χ1) is 17.2. The van der Waals surface area contributed by atoms with E-state index >= 15 is 0 Å². The van der Waals surface area contributed by atoms with Gasteiger partial charge in [0.1, 0.15) is 5.52 Å². The topological polar surface area (TPSA) is 71.3 Å². The van der Waals surface area contributed by atoms with E-state index < -0.39 is 0 Å². The lowest BCUT2D eigenvalue weighted by atomic mass is 9.95. The highest BCUT2D eigenvalue weighted by Crippen LogP contribution is 2.23. The molecule has 2 aromatic heterocycles. The Bertz CT molecular complexity index is 1360. The molecule has 0 saturated carbocycles. The van der Waals surface area contributed by atoms with E-state index in [-0.39, 0.29) is 17.4 Å². The average Bonchev–Trinajstić information content (AvgIpc) is 2.92. The molecule has 0 aliphatic carbocycles. The van der Waals surface area contributed by atoms with E-state index in [1.165, 1.54) is 0 Å². The summed E-state index contributed by atoms with van der Waals surface area (Å²) in [6, 6.07) is 23.6. The van der Waals surface area contributed by atoms with E-state index in [1.807, 2.05) is 89.5 Å². The molecule has 0 spiro atoms. The van der Waals surface area contributed by atoms with Gasteiger partial charge in [-0.15, -0.1) is 0 Å². The smallest absolute Gasteiger partial charge is 0.295 e. The van der Waals surface area contributed by atoms with Gasteiger partial charge in [-0.3, -0.25) is 14.2 Å². The van der Waals surface area contributed by atoms with Crippen molar-refractivity contribution in [3.8, 4) is 0 Å². The zero-order valence-corrected chi connectivity index (χ0v) is 19.9. The molecule has 5 rings (SSSR count). The number of piperazine rings is 1. The SMILES string of the molecule is CC[C@H](C(=O)N1CCN(c2nc3cccnc3n(Cc3ccccc3)c2=O)CC1)c1ccccc1. The molecule has 1 amide bonds. The van der Waals surface area contributed by atoms with Crippen molar-refractivity contribution >= 4 is 22.9 Å². The van der Waals surface area contributed by atoms with E-state index in [0.29, 0.717) is 49.7 Å². The monoisotopic (exact) mass is 467 g/mol. The van der Waals surface area contributed by atoms with Gasteiger partial charge >= 0.3 is 0 Å². The van der Waals surface area contributed by atoms with Crippen molar-refractivity contribution in [1.29, 1.82) is 0 Å². The standard InChI is InChI=1S/C28H29N5O2/c1-2-23(22-12-7-4-8-13-22)27(34)32-18-16-31(17-19-32)26-28(35)33(20-21-10-5-3-6-11-21)25-24(30-26)14-9-15-29-25/h3-15,23H,2,16-20H2,1H3/t23-/m0/s1. The summed E-state index contributed by atoms with van der Waals surface area (Å²) in [6.45, 7) is 4.73. The van der Waals surface area contributed by atoms with Gasteiger partial charge in [0.2, 0.25) is 5.91 Å². The molecule has 3 heterocycles. The second-order valence-electron chi connectivity index (χ2n) is 8.84. The normalized spacial score (nSPS) is 14.8. The summed E-state index contributed by atoms with van der Waals surface area (Å²) in [5.74, 6) is 0.426. The zero-order chi connectivity index (χ0) is 24.2. The molecule has 4 aromatic rings. The number of carbonyl (C=O) groups is 1. The van der Waals surface area contributed by atoms with Crippen LogP contribution in [0.5, 0.6) is 0 Å². The summed E-state index contributed by atoms with van der Waals surface area (Å²) >= 11 is 0. The van der Waals surface area contributed by atoms with Crippen molar-refractivity contribution in [2.75, 3.05) is 31.1 Å². The van der Waals surface area contributed by atoms with Gasteiger partial charge in [-0.05, 0) is 29.7 Å². The minimum Gasteiger partial charge on any atom is -0.348 e. The lowest BCUT2D eigenvalue weighted by Gasteiger charge is -2.36. The number of carbonyl (C=O) groups excluding carboxylic acids is 1. The first kappa shape index (κ1) is 22.8. The summed E-state index contributed by atoms with van der Waals surface area (Å²) in [4.78, 5) is 39.9. The van der Waals surface area contributed by atoms with E-state index in [9.17, 15) is 9.59 Å². The summed E-state index contributed by atoms with van der Waals surface area (Å²) in [6.07, 6.45) is 2.44. The summed E-state index contributed by atoms with van der Waals surface area (Å²) in [7, 11) is 0. The second-order valence-corrected chi connectivity index (χ2v) is 8.84. The first-order valence-corrected chi connectivity index (χ1v) is 12.1. The Hall–Kier alpha value is -4.00. The van der Waals surface area contributed by atoms with Gasteiger partial charge < -0.3 is 9.80 Å². The average molecular weight is 468 g/mol. The van der Waals surface area contributed by atoms with Crippen molar-refractivity contribution in [1.82, 2.24) is 19.4 Å². The lowest BCUT2D eigenvalue weighted by Crippen LogP contribution is -2.51. The Morgan fingerprint density at radius 3 is 2.29 bits per heavy atom. The quantitative estimate of drug-likeness (QED) is 0.433. The number of rotatable bonds is 6. The Balaban J connectivity index is 1.39. The molecule has 1 saturated heterocycles. The second kappa shape index (κ2) is 10.1. The third-order valence-electron chi connectivity index (χ3n) is 6.67. The first-order valence-electron chi connectivity index (χ1n) is 12.1. The summed E-state index contributed by atoms with van der Waals surface area (Å²) < 4.78 is 1.70. The molecule has 1 fully saturated rings. The van der Waals surface area contributed by atoms with Crippen LogP contribution in [0.25, 0.3) is 11.2 Å². The van der Waals surface area contributed by atoms with Crippen molar-refractivity contribution < 1.29 is 4.79 Å². The van der Waals surface area contributed by atoms with Crippen LogP contribution >= 0.6 is 0 Å². The number of fused-ring (bicyclic) bond motifs is 1. The van der Waals surface area contributed by atoms with Crippen molar-refractivity contribution in [2.45, 2.75) is 25.8 Å². The minimum absolute atomic E-state index is 0.143. The highest BCUT2D eigenvalue weighted by Gasteiger charge is 2.29. The molecule has 1 aliphatic rings. The van der Waals surface area contributed by atoms with Gasteiger partial charge in [-0.2, -0.15) is 0 Å². The Labute approximate surface area is 204 Å². The lowest BCUT2D eigenvalue weighted by molar-refractivity contribution is -0.133. The van der Waals surface area contributed by atoms with Crippen molar-refractivity contribution in [2.24, 2.45) is 0 Å². The number of anilines is 1. The van der Waals surface area contributed by atoms with E-state index in [1.54, 1.807) is 10.8 Å². The summed E-state index contributed by atoms with van der Waals surface area (Å²) in [5.41, 5.74) is 3.19. The molecular formula is C28H29N5O2. The Morgan fingerprint density at radius 1 is 0.914 bits per heavy atom. The van der Waals surface area contributed by atoms with Crippen LogP contribution in [0, 0.1) is 0 Å². The fourth-order valence-corrected chi connectivity index (χ4v) is 4.78. The third-order valence-corrected chi connectivity index (χ3v) is 6.67. The molecule has 7 nitrogen and oxygen atoms in total. The van der Waals surface area contributed by atoms with Crippen LogP contribution in [0.1, 0.15) is 30.4 Å². The number of aromatic nitrogens is 3. The fourth-order valence-electron chi connectivity index (χ4n) is 4.78. The van der Waals surface area contributed by atoms with Gasteiger partial charge in [0, 0.05) is 32.4 Å². The molecule has 2 aromatic carbocycles.